The number of methoxy groups -OCH3 is 2. The van der Waals surface area contributed by atoms with E-state index in [-0.39, 0.29) is 34.4 Å². The molecular weight excluding hydrogens is 408 g/mol. The average molecular weight is 430 g/mol. The Morgan fingerprint density at radius 1 is 1.00 bits per heavy atom. The van der Waals surface area contributed by atoms with E-state index in [1.54, 1.807) is 29.2 Å². The molecule has 8 nitrogen and oxygen atoms in total. The molecule has 2 aliphatic rings. The molecule has 0 N–H and O–H groups in total. The van der Waals surface area contributed by atoms with Crippen molar-refractivity contribution in [2.24, 2.45) is 0 Å². The fraction of sp³-hybridized carbons (Fsp3) is 0.333. The fourth-order valence-electron chi connectivity index (χ4n) is 3.78. The number of carbonyl (C=O) groups excluding carboxylic acids is 2. The number of ether oxygens (including phenoxy) is 2. The molecule has 0 atom stereocenters. The van der Waals surface area contributed by atoms with Crippen molar-refractivity contribution in [3.05, 3.63) is 53.1 Å². The number of fused-ring (bicyclic) bond motifs is 1. The lowest BCUT2D eigenvalue weighted by Crippen LogP contribution is -2.29. The number of likely N-dealkylation sites (tertiary alicyclic amines) is 1. The maximum atomic E-state index is 13.0. The topological polar surface area (TPSA) is 93.2 Å². The molecule has 2 aromatic carbocycles. The maximum Gasteiger partial charge on any atom is 0.269 e. The highest BCUT2D eigenvalue weighted by atomic mass is 32.2. The van der Waals surface area contributed by atoms with Crippen molar-refractivity contribution < 1.29 is 27.5 Å². The van der Waals surface area contributed by atoms with Crippen molar-refractivity contribution >= 4 is 21.8 Å². The summed E-state index contributed by atoms with van der Waals surface area (Å²) < 4.78 is 37.1. The van der Waals surface area contributed by atoms with Crippen molar-refractivity contribution in [1.82, 2.24) is 9.21 Å². The summed E-state index contributed by atoms with van der Waals surface area (Å²) in [5, 5.41) is 0. The molecule has 0 spiro atoms. The largest absolute Gasteiger partial charge is 0.493 e. The van der Waals surface area contributed by atoms with E-state index in [0.29, 0.717) is 11.1 Å². The molecule has 2 heterocycles. The molecule has 0 bridgehead atoms. The highest BCUT2D eigenvalue weighted by molar-refractivity contribution is 7.90. The highest BCUT2D eigenvalue weighted by Gasteiger charge is 2.42. The van der Waals surface area contributed by atoms with Gasteiger partial charge in [-0.2, -0.15) is 0 Å². The van der Waals surface area contributed by atoms with Crippen LogP contribution in [0.1, 0.15) is 39.1 Å². The van der Waals surface area contributed by atoms with Gasteiger partial charge in [-0.15, -0.1) is 0 Å². The van der Waals surface area contributed by atoms with Gasteiger partial charge in [0, 0.05) is 24.7 Å². The Morgan fingerprint density at radius 2 is 1.60 bits per heavy atom. The van der Waals surface area contributed by atoms with Crippen LogP contribution in [0.5, 0.6) is 11.5 Å². The summed E-state index contributed by atoms with van der Waals surface area (Å²) in [4.78, 5) is 27.0. The van der Waals surface area contributed by atoms with Crippen LogP contribution >= 0.6 is 0 Å². The molecule has 0 aromatic heterocycles. The van der Waals surface area contributed by atoms with Gasteiger partial charge in [-0.05, 0) is 36.6 Å². The molecule has 9 heteroatoms. The van der Waals surface area contributed by atoms with Crippen LogP contribution in [0.3, 0.4) is 0 Å². The van der Waals surface area contributed by atoms with E-state index in [4.69, 9.17) is 9.47 Å². The summed E-state index contributed by atoms with van der Waals surface area (Å²) in [5.41, 5.74) is 1.21. The maximum absolute atomic E-state index is 13.0. The summed E-state index contributed by atoms with van der Waals surface area (Å²) >= 11 is 0. The molecule has 2 aromatic rings. The van der Waals surface area contributed by atoms with Crippen LogP contribution in [0.25, 0.3) is 0 Å². The van der Waals surface area contributed by atoms with Crippen molar-refractivity contribution in [2.75, 3.05) is 27.3 Å². The zero-order chi connectivity index (χ0) is 21.5. The van der Waals surface area contributed by atoms with Gasteiger partial charge in [0.05, 0.1) is 26.3 Å². The Morgan fingerprint density at radius 3 is 2.20 bits per heavy atom. The summed E-state index contributed by atoms with van der Waals surface area (Å²) in [5.74, 6) is -0.135. The van der Waals surface area contributed by atoms with Gasteiger partial charge in [0.2, 0.25) is 0 Å². The normalized spacial score (nSPS) is 17.2. The molecule has 2 aliphatic heterocycles. The highest BCUT2D eigenvalue weighted by Crippen LogP contribution is 2.39. The molecule has 30 heavy (non-hydrogen) atoms. The number of carbonyl (C=O) groups is 2. The van der Waals surface area contributed by atoms with Crippen LogP contribution in [0, 0.1) is 0 Å². The molecule has 0 radical (unpaired) electrons. The van der Waals surface area contributed by atoms with Crippen LogP contribution in [0.4, 0.5) is 0 Å². The lowest BCUT2D eigenvalue weighted by molar-refractivity contribution is 0.0791. The van der Waals surface area contributed by atoms with E-state index in [9.17, 15) is 18.0 Å². The van der Waals surface area contributed by atoms with Crippen LogP contribution in [-0.2, 0) is 16.6 Å². The Kier molecular flexibility index (Phi) is 5.15. The second-order valence-corrected chi connectivity index (χ2v) is 9.05. The van der Waals surface area contributed by atoms with Crippen molar-refractivity contribution in [1.29, 1.82) is 0 Å². The minimum atomic E-state index is -4.02. The van der Waals surface area contributed by atoms with E-state index >= 15 is 0 Å². The Balaban J connectivity index is 1.59. The summed E-state index contributed by atoms with van der Waals surface area (Å²) in [6.07, 6.45) is 2.02. The first kappa shape index (κ1) is 20.2. The van der Waals surface area contributed by atoms with Crippen LogP contribution < -0.4 is 9.47 Å². The van der Waals surface area contributed by atoms with Gasteiger partial charge in [0.1, 0.15) is 4.90 Å². The lowest BCUT2D eigenvalue weighted by atomic mass is 10.1. The number of hydrogen-bond acceptors (Lipinski definition) is 6. The summed E-state index contributed by atoms with van der Waals surface area (Å²) in [6.45, 7) is 1.39. The van der Waals surface area contributed by atoms with Crippen LogP contribution in [0.2, 0.25) is 0 Å². The number of hydrogen-bond donors (Lipinski definition) is 0. The van der Waals surface area contributed by atoms with E-state index in [2.05, 4.69) is 0 Å². The summed E-state index contributed by atoms with van der Waals surface area (Å²) in [7, 11) is -1.20. The van der Waals surface area contributed by atoms with Gasteiger partial charge < -0.3 is 14.4 Å². The minimum Gasteiger partial charge on any atom is -0.493 e. The molecule has 158 valence electrons. The Bertz CT molecular complexity index is 1110. The second kappa shape index (κ2) is 7.64. The average Bonchev–Trinajstić information content (AvgIpc) is 3.35. The Hall–Kier alpha value is -3.07. The molecule has 0 aliphatic carbocycles. The minimum absolute atomic E-state index is 0.0319. The molecule has 1 saturated heterocycles. The monoisotopic (exact) mass is 430 g/mol. The number of rotatable bonds is 5. The van der Waals surface area contributed by atoms with Gasteiger partial charge in [0.15, 0.2) is 11.5 Å². The second-order valence-electron chi connectivity index (χ2n) is 7.22. The van der Waals surface area contributed by atoms with Gasteiger partial charge in [0.25, 0.3) is 21.8 Å². The number of nitrogens with zero attached hydrogens (tertiary/aromatic N) is 2. The van der Waals surface area contributed by atoms with Crippen molar-refractivity contribution in [2.45, 2.75) is 24.3 Å². The molecule has 0 unspecified atom stereocenters. The molecule has 1 fully saturated rings. The number of benzene rings is 2. The first-order valence-electron chi connectivity index (χ1n) is 9.58. The van der Waals surface area contributed by atoms with E-state index in [0.717, 1.165) is 30.2 Å². The van der Waals surface area contributed by atoms with Crippen LogP contribution in [-0.4, -0.2) is 56.7 Å². The zero-order valence-electron chi connectivity index (χ0n) is 16.8. The van der Waals surface area contributed by atoms with E-state index < -0.39 is 15.9 Å². The fourth-order valence-corrected chi connectivity index (χ4v) is 5.33. The van der Waals surface area contributed by atoms with Gasteiger partial charge in [-0.1, -0.05) is 12.1 Å². The third-order valence-corrected chi connectivity index (χ3v) is 7.20. The third kappa shape index (κ3) is 3.28. The molecule has 4 rings (SSSR count). The van der Waals surface area contributed by atoms with Gasteiger partial charge in [-0.25, -0.2) is 12.7 Å². The van der Waals surface area contributed by atoms with Crippen molar-refractivity contribution in [3.63, 3.8) is 0 Å². The van der Waals surface area contributed by atoms with Crippen LogP contribution in [0.15, 0.2) is 41.3 Å². The molecule has 0 saturated carbocycles. The first-order valence-corrected chi connectivity index (χ1v) is 11.0. The van der Waals surface area contributed by atoms with Crippen molar-refractivity contribution in [3.8, 4) is 11.5 Å². The third-order valence-electron chi connectivity index (χ3n) is 5.43. The predicted octanol–water partition coefficient (Wildman–Crippen LogP) is 2.28. The SMILES string of the molecule is COc1cc2c(cc1OC)S(=O)(=O)N(Cc1ccc(C(=O)N3CCCC3)cc1)C2=O. The zero-order valence-corrected chi connectivity index (χ0v) is 17.6. The lowest BCUT2D eigenvalue weighted by Gasteiger charge is -2.17. The summed E-state index contributed by atoms with van der Waals surface area (Å²) in [6, 6.07) is 9.38. The predicted molar refractivity (Wildman–Crippen MR) is 108 cm³/mol. The Labute approximate surface area is 175 Å². The number of amides is 2. The molecule has 2 amide bonds. The first-order chi connectivity index (χ1) is 14.4. The number of sulfonamides is 1. The standard InChI is InChI=1S/C21H22N2O6S/c1-28-17-11-16-19(12-18(17)29-2)30(26,27)23(21(16)25)13-14-5-7-15(8-6-14)20(24)22-9-3-4-10-22/h5-8,11-12H,3-4,9-10,13H2,1-2H3. The van der Waals surface area contributed by atoms with E-state index in [1.807, 2.05) is 0 Å². The smallest absolute Gasteiger partial charge is 0.269 e. The van der Waals surface area contributed by atoms with Gasteiger partial charge in [-0.3, -0.25) is 9.59 Å². The molecular formula is C21H22N2O6S. The quantitative estimate of drug-likeness (QED) is 0.723. The van der Waals surface area contributed by atoms with Gasteiger partial charge >= 0.3 is 0 Å². The van der Waals surface area contributed by atoms with E-state index in [1.165, 1.54) is 26.4 Å².